The molecule has 1 aliphatic heterocycles. The standard InChI is InChI=1S/C16H14N2O/c1-11-6-2-4-8-14(11)17-10-13-12-7-3-5-9-15(12)18-16(13)19/h2-10,13H,1H3,(H,18,19). The Morgan fingerprint density at radius 1 is 1.11 bits per heavy atom. The zero-order valence-electron chi connectivity index (χ0n) is 10.6. The number of carbonyl (C=O) groups is 1. The van der Waals surface area contributed by atoms with E-state index in [9.17, 15) is 4.79 Å². The van der Waals surface area contributed by atoms with Crippen molar-refractivity contribution in [3.05, 3.63) is 59.7 Å². The van der Waals surface area contributed by atoms with E-state index in [-0.39, 0.29) is 11.8 Å². The van der Waals surface area contributed by atoms with Crippen molar-refractivity contribution in [3.63, 3.8) is 0 Å². The SMILES string of the molecule is Cc1ccccc1N=CC1C(=O)Nc2ccccc21. The summed E-state index contributed by atoms with van der Waals surface area (Å²) in [7, 11) is 0. The maximum atomic E-state index is 11.9. The van der Waals surface area contributed by atoms with Gasteiger partial charge in [-0.2, -0.15) is 0 Å². The number of nitrogens with one attached hydrogen (secondary N) is 1. The number of aliphatic imine (C=N–C) groups is 1. The molecule has 94 valence electrons. The van der Waals surface area contributed by atoms with E-state index in [1.807, 2.05) is 55.5 Å². The predicted molar refractivity (Wildman–Crippen MR) is 77.1 cm³/mol. The molecule has 0 bridgehead atoms. The van der Waals surface area contributed by atoms with Gasteiger partial charge in [0.1, 0.15) is 5.92 Å². The predicted octanol–water partition coefficient (Wildman–Crippen LogP) is 3.43. The number of rotatable bonds is 2. The number of benzene rings is 2. The van der Waals surface area contributed by atoms with Gasteiger partial charge >= 0.3 is 0 Å². The van der Waals surface area contributed by atoms with Crippen molar-refractivity contribution >= 4 is 23.5 Å². The monoisotopic (exact) mass is 250 g/mol. The van der Waals surface area contributed by atoms with Crippen LogP contribution in [-0.4, -0.2) is 12.1 Å². The average Bonchev–Trinajstić information content (AvgIpc) is 2.74. The number of amides is 1. The first-order valence-electron chi connectivity index (χ1n) is 6.25. The largest absolute Gasteiger partial charge is 0.325 e. The Kier molecular flexibility index (Phi) is 2.88. The summed E-state index contributed by atoms with van der Waals surface area (Å²) >= 11 is 0. The molecule has 0 saturated heterocycles. The molecule has 2 aromatic carbocycles. The quantitative estimate of drug-likeness (QED) is 0.815. The lowest BCUT2D eigenvalue weighted by Crippen LogP contribution is -2.12. The van der Waals surface area contributed by atoms with Gasteiger partial charge in [-0.1, -0.05) is 36.4 Å². The van der Waals surface area contributed by atoms with Crippen molar-refractivity contribution < 1.29 is 4.79 Å². The van der Waals surface area contributed by atoms with Gasteiger partial charge in [-0.15, -0.1) is 0 Å². The van der Waals surface area contributed by atoms with Gasteiger partial charge in [0.05, 0.1) is 5.69 Å². The Bertz CT molecular complexity index is 661. The van der Waals surface area contributed by atoms with Crippen molar-refractivity contribution in [2.75, 3.05) is 5.32 Å². The van der Waals surface area contributed by atoms with Crippen LogP contribution >= 0.6 is 0 Å². The van der Waals surface area contributed by atoms with Crippen molar-refractivity contribution in [2.45, 2.75) is 12.8 Å². The van der Waals surface area contributed by atoms with E-state index in [2.05, 4.69) is 10.3 Å². The lowest BCUT2D eigenvalue weighted by Gasteiger charge is -2.02. The lowest BCUT2D eigenvalue weighted by atomic mass is 10.0. The van der Waals surface area contributed by atoms with Crippen molar-refractivity contribution in [3.8, 4) is 0 Å². The maximum Gasteiger partial charge on any atom is 0.237 e. The lowest BCUT2D eigenvalue weighted by molar-refractivity contribution is -0.115. The van der Waals surface area contributed by atoms with Crippen LogP contribution in [0.4, 0.5) is 11.4 Å². The molecule has 0 radical (unpaired) electrons. The van der Waals surface area contributed by atoms with Crippen molar-refractivity contribution in [1.82, 2.24) is 0 Å². The summed E-state index contributed by atoms with van der Waals surface area (Å²) in [5.74, 6) is -0.311. The molecule has 19 heavy (non-hydrogen) atoms. The molecule has 3 rings (SSSR count). The summed E-state index contributed by atoms with van der Waals surface area (Å²) in [6.45, 7) is 2.01. The summed E-state index contributed by atoms with van der Waals surface area (Å²) in [5.41, 5.74) is 3.88. The van der Waals surface area contributed by atoms with Gasteiger partial charge in [0, 0.05) is 11.9 Å². The average molecular weight is 250 g/mol. The van der Waals surface area contributed by atoms with Crippen LogP contribution < -0.4 is 5.32 Å². The number of para-hydroxylation sites is 2. The molecule has 0 spiro atoms. The number of anilines is 1. The van der Waals surface area contributed by atoms with Crippen molar-refractivity contribution in [2.24, 2.45) is 4.99 Å². The molecule has 1 unspecified atom stereocenters. The fraction of sp³-hybridized carbons (Fsp3) is 0.125. The first kappa shape index (κ1) is 11.7. The number of hydrogen-bond acceptors (Lipinski definition) is 2. The first-order valence-corrected chi connectivity index (χ1v) is 6.25. The van der Waals surface area contributed by atoms with Gasteiger partial charge < -0.3 is 5.32 Å². The number of aryl methyl sites for hydroxylation is 1. The molecular weight excluding hydrogens is 236 g/mol. The van der Waals surface area contributed by atoms with Crippen LogP contribution in [0, 0.1) is 6.92 Å². The highest BCUT2D eigenvalue weighted by atomic mass is 16.2. The first-order chi connectivity index (χ1) is 9.25. The molecule has 1 heterocycles. The topological polar surface area (TPSA) is 41.5 Å². The fourth-order valence-electron chi connectivity index (χ4n) is 2.24. The molecular formula is C16H14N2O. The molecule has 0 saturated carbocycles. The Hall–Kier alpha value is -2.42. The van der Waals surface area contributed by atoms with E-state index in [0.29, 0.717) is 0 Å². The molecule has 0 aliphatic carbocycles. The minimum Gasteiger partial charge on any atom is -0.325 e. The zero-order valence-corrected chi connectivity index (χ0v) is 10.6. The number of hydrogen-bond donors (Lipinski definition) is 1. The van der Waals surface area contributed by atoms with Gasteiger partial charge in [-0.3, -0.25) is 9.79 Å². The molecule has 0 fully saturated rings. The zero-order chi connectivity index (χ0) is 13.2. The molecule has 1 atom stereocenters. The Morgan fingerprint density at radius 2 is 1.84 bits per heavy atom. The molecule has 1 N–H and O–H groups in total. The minimum absolute atomic E-state index is 0.0152. The van der Waals surface area contributed by atoms with Gasteiger partial charge in [0.15, 0.2) is 0 Å². The molecule has 2 aromatic rings. The van der Waals surface area contributed by atoms with Crippen LogP contribution in [0.2, 0.25) is 0 Å². The summed E-state index contributed by atoms with van der Waals surface area (Å²) < 4.78 is 0. The van der Waals surface area contributed by atoms with Gasteiger partial charge in [0.25, 0.3) is 0 Å². The van der Waals surface area contributed by atoms with E-state index < -0.39 is 0 Å². The Labute approximate surface area is 112 Å². The number of nitrogens with zero attached hydrogens (tertiary/aromatic N) is 1. The van der Waals surface area contributed by atoms with E-state index in [1.54, 1.807) is 6.21 Å². The van der Waals surface area contributed by atoms with E-state index >= 15 is 0 Å². The van der Waals surface area contributed by atoms with Crippen molar-refractivity contribution in [1.29, 1.82) is 0 Å². The van der Waals surface area contributed by atoms with Crippen LogP contribution in [0.1, 0.15) is 17.0 Å². The second-order valence-corrected chi connectivity index (χ2v) is 4.62. The van der Waals surface area contributed by atoms with E-state index in [0.717, 1.165) is 22.5 Å². The van der Waals surface area contributed by atoms with Crippen LogP contribution in [0.5, 0.6) is 0 Å². The highest BCUT2D eigenvalue weighted by molar-refractivity contribution is 6.12. The van der Waals surface area contributed by atoms with Crippen LogP contribution in [0.15, 0.2) is 53.5 Å². The van der Waals surface area contributed by atoms with Gasteiger partial charge in [0.2, 0.25) is 5.91 Å². The maximum absolute atomic E-state index is 11.9. The third-order valence-electron chi connectivity index (χ3n) is 3.31. The summed E-state index contributed by atoms with van der Waals surface area (Å²) in [6, 6.07) is 15.6. The molecule has 3 heteroatoms. The second-order valence-electron chi connectivity index (χ2n) is 4.62. The molecule has 1 amide bonds. The van der Waals surface area contributed by atoms with Crippen LogP contribution in [-0.2, 0) is 4.79 Å². The molecule has 1 aliphatic rings. The Balaban J connectivity index is 1.92. The fourth-order valence-corrected chi connectivity index (χ4v) is 2.24. The van der Waals surface area contributed by atoms with E-state index in [4.69, 9.17) is 0 Å². The van der Waals surface area contributed by atoms with Gasteiger partial charge in [-0.05, 0) is 30.2 Å². The summed E-state index contributed by atoms with van der Waals surface area (Å²) in [4.78, 5) is 16.4. The number of fused-ring (bicyclic) bond motifs is 1. The smallest absolute Gasteiger partial charge is 0.237 e. The Morgan fingerprint density at radius 3 is 2.68 bits per heavy atom. The highest BCUT2D eigenvalue weighted by Crippen LogP contribution is 2.31. The molecule has 0 aromatic heterocycles. The second kappa shape index (κ2) is 4.69. The van der Waals surface area contributed by atoms with Gasteiger partial charge in [-0.25, -0.2) is 0 Å². The van der Waals surface area contributed by atoms with Crippen LogP contribution in [0.3, 0.4) is 0 Å². The summed E-state index contributed by atoms with van der Waals surface area (Å²) in [6.07, 6.45) is 1.73. The number of carbonyl (C=O) groups excluding carboxylic acids is 1. The normalized spacial score (nSPS) is 17.5. The highest BCUT2D eigenvalue weighted by Gasteiger charge is 2.28. The third kappa shape index (κ3) is 2.15. The third-order valence-corrected chi connectivity index (χ3v) is 3.31. The summed E-state index contributed by atoms with van der Waals surface area (Å²) in [5, 5.41) is 2.87. The van der Waals surface area contributed by atoms with E-state index in [1.165, 1.54) is 0 Å². The minimum atomic E-state index is -0.296. The van der Waals surface area contributed by atoms with Crippen LogP contribution in [0.25, 0.3) is 0 Å². The molecule has 3 nitrogen and oxygen atoms in total.